The van der Waals surface area contributed by atoms with Crippen molar-refractivity contribution in [3.63, 3.8) is 0 Å². The summed E-state index contributed by atoms with van der Waals surface area (Å²) in [6.07, 6.45) is 0. The van der Waals surface area contributed by atoms with Crippen LogP contribution in [0.4, 0.5) is 17.1 Å². The van der Waals surface area contributed by atoms with Gasteiger partial charge in [-0.25, -0.2) is 0 Å². The summed E-state index contributed by atoms with van der Waals surface area (Å²) < 4.78 is 6.69. The minimum atomic E-state index is -0.523. The quantitative estimate of drug-likeness (QED) is 0.163. The Labute approximate surface area is 332 Å². The minimum absolute atomic E-state index is 0.523. The molecule has 0 bridgehead atoms. The Hall–Kier alpha value is -7.42. The summed E-state index contributed by atoms with van der Waals surface area (Å²) in [5, 5.41) is 2.24. The van der Waals surface area contributed by atoms with E-state index in [1.807, 2.05) is 6.07 Å². The van der Waals surface area contributed by atoms with Crippen LogP contribution in [0.15, 0.2) is 229 Å². The van der Waals surface area contributed by atoms with Gasteiger partial charge in [0.1, 0.15) is 11.2 Å². The number of nitrogens with zero attached hydrogens (tertiary/aromatic N) is 1. The molecule has 1 heterocycles. The van der Waals surface area contributed by atoms with Crippen LogP contribution in [0.1, 0.15) is 22.3 Å². The Balaban J connectivity index is 1.19. The molecule has 1 aromatic heterocycles. The van der Waals surface area contributed by atoms with Gasteiger partial charge in [0, 0.05) is 28.2 Å². The van der Waals surface area contributed by atoms with Crippen LogP contribution in [0.5, 0.6) is 0 Å². The fourth-order valence-corrected chi connectivity index (χ4v) is 9.27. The van der Waals surface area contributed by atoms with Crippen molar-refractivity contribution in [3.8, 4) is 33.4 Å². The van der Waals surface area contributed by atoms with Gasteiger partial charge in [-0.05, 0) is 92.0 Å². The van der Waals surface area contributed by atoms with Crippen LogP contribution in [0.3, 0.4) is 0 Å². The number of fused-ring (bicyclic) bond motifs is 6. The lowest BCUT2D eigenvalue weighted by Gasteiger charge is -2.35. The maximum Gasteiger partial charge on any atom is 0.138 e. The number of anilines is 3. The van der Waals surface area contributed by atoms with Crippen molar-refractivity contribution in [2.24, 2.45) is 0 Å². The molecule has 0 saturated heterocycles. The van der Waals surface area contributed by atoms with Crippen LogP contribution in [-0.2, 0) is 5.41 Å². The van der Waals surface area contributed by atoms with Crippen molar-refractivity contribution in [2.45, 2.75) is 5.41 Å². The predicted octanol–water partition coefficient (Wildman–Crippen LogP) is 14.8. The van der Waals surface area contributed by atoms with Crippen molar-refractivity contribution in [3.05, 3.63) is 247 Å². The van der Waals surface area contributed by atoms with Crippen LogP contribution < -0.4 is 4.90 Å². The van der Waals surface area contributed by atoms with Gasteiger partial charge >= 0.3 is 0 Å². The Bertz CT molecular complexity index is 3000. The second-order valence-electron chi connectivity index (χ2n) is 14.8. The van der Waals surface area contributed by atoms with Crippen LogP contribution >= 0.6 is 0 Å². The fourth-order valence-electron chi connectivity index (χ4n) is 9.27. The van der Waals surface area contributed by atoms with Crippen molar-refractivity contribution in [2.75, 3.05) is 4.90 Å². The molecule has 268 valence electrons. The van der Waals surface area contributed by atoms with Crippen molar-refractivity contribution >= 4 is 39.0 Å². The Morgan fingerprint density at radius 3 is 1.58 bits per heavy atom. The average molecular weight is 728 g/mol. The van der Waals surface area contributed by atoms with Gasteiger partial charge < -0.3 is 9.32 Å². The minimum Gasteiger partial charge on any atom is -0.456 e. The zero-order valence-electron chi connectivity index (χ0n) is 31.2. The second kappa shape index (κ2) is 13.4. The molecule has 0 spiro atoms. The first kappa shape index (κ1) is 33.0. The number of rotatable bonds is 7. The van der Waals surface area contributed by atoms with E-state index in [0.717, 1.165) is 50.1 Å². The Morgan fingerprint density at radius 1 is 0.333 bits per heavy atom. The number of hydrogen-bond donors (Lipinski definition) is 0. The van der Waals surface area contributed by atoms with Crippen LogP contribution in [0.25, 0.3) is 55.3 Å². The van der Waals surface area contributed by atoms with E-state index in [1.165, 1.54) is 44.5 Å². The smallest absolute Gasteiger partial charge is 0.138 e. The van der Waals surface area contributed by atoms with E-state index in [1.54, 1.807) is 0 Å². The highest BCUT2D eigenvalue weighted by molar-refractivity contribution is 6.14. The van der Waals surface area contributed by atoms with Crippen molar-refractivity contribution in [1.82, 2.24) is 0 Å². The Kier molecular flexibility index (Phi) is 7.75. The van der Waals surface area contributed by atoms with Crippen LogP contribution in [0, 0.1) is 0 Å². The monoisotopic (exact) mass is 727 g/mol. The molecule has 1 aliphatic rings. The average Bonchev–Trinajstić information content (AvgIpc) is 3.81. The summed E-state index contributed by atoms with van der Waals surface area (Å²) in [6, 6.07) is 81.2. The third kappa shape index (κ3) is 5.26. The summed E-state index contributed by atoms with van der Waals surface area (Å²) in [5.74, 6) is 0. The number of hydrogen-bond acceptors (Lipinski definition) is 2. The third-order valence-corrected chi connectivity index (χ3v) is 11.7. The van der Waals surface area contributed by atoms with E-state index in [0.29, 0.717) is 0 Å². The highest BCUT2D eigenvalue weighted by Gasteiger charge is 2.46. The maximum absolute atomic E-state index is 6.69. The van der Waals surface area contributed by atoms with Crippen LogP contribution in [-0.4, -0.2) is 0 Å². The van der Waals surface area contributed by atoms with E-state index in [-0.39, 0.29) is 0 Å². The molecule has 0 atom stereocenters. The molecule has 0 saturated carbocycles. The molecular weight excluding hydrogens is 691 g/mol. The first-order valence-electron chi connectivity index (χ1n) is 19.6. The van der Waals surface area contributed by atoms with Gasteiger partial charge in [-0.1, -0.05) is 182 Å². The summed E-state index contributed by atoms with van der Waals surface area (Å²) in [4.78, 5) is 2.40. The second-order valence-corrected chi connectivity index (χ2v) is 14.8. The molecule has 2 heteroatoms. The predicted molar refractivity (Wildman–Crippen MR) is 237 cm³/mol. The zero-order valence-corrected chi connectivity index (χ0v) is 31.2. The van der Waals surface area contributed by atoms with Gasteiger partial charge in [-0.2, -0.15) is 0 Å². The molecular formula is C55H37NO. The highest BCUT2D eigenvalue weighted by Crippen LogP contribution is 2.57. The maximum atomic E-state index is 6.69. The third-order valence-electron chi connectivity index (χ3n) is 11.7. The summed E-state index contributed by atoms with van der Waals surface area (Å²) in [6.45, 7) is 0. The van der Waals surface area contributed by atoms with E-state index in [2.05, 4.69) is 223 Å². The Morgan fingerprint density at radius 2 is 0.877 bits per heavy atom. The molecule has 0 aliphatic heterocycles. The van der Waals surface area contributed by atoms with E-state index >= 15 is 0 Å². The van der Waals surface area contributed by atoms with E-state index < -0.39 is 5.41 Å². The number of furan rings is 1. The van der Waals surface area contributed by atoms with Gasteiger partial charge in [0.05, 0.1) is 11.1 Å². The molecule has 11 rings (SSSR count). The normalized spacial score (nSPS) is 12.7. The SMILES string of the molecule is c1ccc(-c2ccc(N(c3ccc4c(c3)C(c3ccccc3)(c3ccccc3)c3ccccc3-4)c3cc(-c4ccccc4)c4c(c3)oc3ccccc34)cc2)cc1. The molecule has 9 aromatic carbocycles. The summed E-state index contributed by atoms with van der Waals surface area (Å²) >= 11 is 0. The van der Waals surface area contributed by atoms with Gasteiger partial charge in [-0.15, -0.1) is 0 Å². The molecule has 0 radical (unpaired) electrons. The summed E-state index contributed by atoms with van der Waals surface area (Å²) in [7, 11) is 0. The van der Waals surface area contributed by atoms with E-state index in [9.17, 15) is 0 Å². The molecule has 0 unspecified atom stereocenters. The topological polar surface area (TPSA) is 16.4 Å². The number of benzene rings is 9. The largest absolute Gasteiger partial charge is 0.456 e. The van der Waals surface area contributed by atoms with Crippen LogP contribution in [0.2, 0.25) is 0 Å². The molecule has 0 fully saturated rings. The lowest BCUT2D eigenvalue weighted by atomic mass is 9.67. The lowest BCUT2D eigenvalue weighted by molar-refractivity contribution is 0.669. The van der Waals surface area contributed by atoms with Gasteiger partial charge in [0.2, 0.25) is 0 Å². The van der Waals surface area contributed by atoms with Crippen molar-refractivity contribution < 1.29 is 4.42 Å². The van der Waals surface area contributed by atoms with E-state index in [4.69, 9.17) is 4.42 Å². The van der Waals surface area contributed by atoms with Crippen molar-refractivity contribution in [1.29, 1.82) is 0 Å². The molecule has 0 amide bonds. The fraction of sp³-hybridized carbons (Fsp3) is 0.0182. The first-order valence-corrected chi connectivity index (χ1v) is 19.6. The van der Waals surface area contributed by atoms with Gasteiger partial charge in [0.15, 0.2) is 0 Å². The van der Waals surface area contributed by atoms with Gasteiger partial charge in [-0.3, -0.25) is 0 Å². The van der Waals surface area contributed by atoms with Gasteiger partial charge in [0.25, 0.3) is 0 Å². The first-order chi connectivity index (χ1) is 28.3. The standard InChI is InChI=1S/C55H37NO/c1-5-17-38(18-6-1)39-29-31-43(32-30-39)56(45-35-49(40-19-7-2-8-20-40)54-48-26-14-16-28-52(48)57-53(54)37-45)44-33-34-47-46-25-13-15-27-50(46)55(51(47)36-44,41-21-9-3-10-22-41)42-23-11-4-12-24-42/h1-37H. The highest BCUT2D eigenvalue weighted by atomic mass is 16.3. The molecule has 2 nitrogen and oxygen atoms in total. The zero-order chi connectivity index (χ0) is 37.8. The molecule has 0 N–H and O–H groups in total. The molecule has 10 aromatic rings. The lowest BCUT2D eigenvalue weighted by Crippen LogP contribution is -2.28. The molecule has 1 aliphatic carbocycles. The molecule has 57 heavy (non-hydrogen) atoms. The number of para-hydroxylation sites is 1. The summed E-state index contributed by atoms with van der Waals surface area (Å²) in [5.41, 5.74) is 16.6.